The van der Waals surface area contributed by atoms with Crippen molar-refractivity contribution < 1.29 is 18.0 Å². The number of halogens is 2. The van der Waals surface area contributed by atoms with Gasteiger partial charge in [-0.25, -0.2) is 8.78 Å². The fraction of sp³-hybridized carbons (Fsp3) is 0.400. The van der Waals surface area contributed by atoms with Gasteiger partial charge in [-0.15, -0.1) is 10.2 Å². The van der Waals surface area contributed by atoms with Crippen molar-refractivity contribution in [2.75, 3.05) is 0 Å². The Bertz CT molecular complexity index is 671. The van der Waals surface area contributed by atoms with Gasteiger partial charge in [-0.2, -0.15) is 0 Å². The van der Waals surface area contributed by atoms with Gasteiger partial charge >= 0.3 is 0 Å². The molecular weight excluding hydrogens is 292 g/mol. The zero-order valence-electron chi connectivity index (χ0n) is 12.6. The first-order valence-corrected chi connectivity index (χ1v) is 6.92. The molecule has 1 atom stereocenters. The Hall–Kier alpha value is -2.31. The van der Waals surface area contributed by atoms with Gasteiger partial charge < -0.3 is 9.73 Å². The molecule has 1 N–H and O–H groups in total. The summed E-state index contributed by atoms with van der Waals surface area (Å²) in [6, 6.07) is 2.51. The quantitative estimate of drug-likeness (QED) is 0.921. The van der Waals surface area contributed by atoms with E-state index in [4.69, 9.17) is 4.42 Å². The Morgan fingerprint density at radius 1 is 1.27 bits per heavy atom. The standard InChI is InChI=1S/C15H17F2N3O2/c1-8(2)6-13(15-20-19-9(3)22-15)18-14(21)10-4-5-11(16)12(17)7-10/h4-5,7-8,13H,6H2,1-3H3,(H,18,21). The minimum Gasteiger partial charge on any atom is -0.423 e. The van der Waals surface area contributed by atoms with Crippen LogP contribution in [0.1, 0.15) is 48.4 Å². The number of amides is 1. The molecular formula is C15H17F2N3O2. The van der Waals surface area contributed by atoms with Crippen molar-refractivity contribution >= 4 is 5.91 Å². The molecule has 1 heterocycles. The molecule has 1 amide bonds. The Kier molecular flexibility index (Phi) is 4.85. The molecule has 0 fully saturated rings. The van der Waals surface area contributed by atoms with Crippen molar-refractivity contribution in [2.45, 2.75) is 33.2 Å². The Labute approximate surface area is 126 Å². The molecule has 1 unspecified atom stereocenters. The normalized spacial score (nSPS) is 12.5. The first-order chi connectivity index (χ1) is 10.4. The van der Waals surface area contributed by atoms with Crippen LogP contribution in [-0.2, 0) is 0 Å². The maximum atomic E-state index is 13.2. The second-order valence-corrected chi connectivity index (χ2v) is 5.44. The van der Waals surface area contributed by atoms with E-state index < -0.39 is 23.6 Å². The molecule has 0 saturated heterocycles. The van der Waals surface area contributed by atoms with Gasteiger partial charge in [-0.3, -0.25) is 4.79 Å². The number of hydrogen-bond acceptors (Lipinski definition) is 4. The number of nitrogens with one attached hydrogen (secondary N) is 1. The van der Waals surface area contributed by atoms with Crippen LogP contribution in [0.25, 0.3) is 0 Å². The zero-order chi connectivity index (χ0) is 16.3. The van der Waals surface area contributed by atoms with Crippen LogP contribution in [0, 0.1) is 24.5 Å². The SMILES string of the molecule is Cc1nnc(C(CC(C)C)NC(=O)c2ccc(F)c(F)c2)o1. The maximum Gasteiger partial charge on any atom is 0.252 e. The number of aromatic nitrogens is 2. The van der Waals surface area contributed by atoms with E-state index in [1.54, 1.807) is 6.92 Å². The van der Waals surface area contributed by atoms with Gasteiger partial charge in [0.2, 0.25) is 11.8 Å². The van der Waals surface area contributed by atoms with Crippen LogP contribution in [0.15, 0.2) is 22.6 Å². The van der Waals surface area contributed by atoms with Gasteiger partial charge in [-0.05, 0) is 30.5 Å². The molecule has 118 valence electrons. The smallest absolute Gasteiger partial charge is 0.252 e. The van der Waals surface area contributed by atoms with Gasteiger partial charge in [-0.1, -0.05) is 13.8 Å². The Balaban J connectivity index is 2.18. The van der Waals surface area contributed by atoms with Gasteiger partial charge in [0, 0.05) is 12.5 Å². The molecule has 5 nitrogen and oxygen atoms in total. The van der Waals surface area contributed by atoms with E-state index in [0.29, 0.717) is 18.2 Å². The van der Waals surface area contributed by atoms with Crippen LogP contribution in [0.2, 0.25) is 0 Å². The number of nitrogens with zero attached hydrogens (tertiary/aromatic N) is 2. The highest BCUT2D eigenvalue weighted by Gasteiger charge is 2.22. The average molecular weight is 309 g/mol. The molecule has 0 aliphatic heterocycles. The number of carbonyl (C=O) groups excluding carboxylic acids is 1. The largest absolute Gasteiger partial charge is 0.423 e. The highest BCUT2D eigenvalue weighted by molar-refractivity contribution is 5.94. The molecule has 7 heteroatoms. The molecule has 0 bridgehead atoms. The van der Waals surface area contributed by atoms with E-state index in [9.17, 15) is 13.6 Å². The van der Waals surface area contributed by atoms with Crippen molar-refractivity contribution in [3.63, 3.8) is 0 Å². The molecule has 22 heavy (non-hydrogen) atoms. The van der Waals surface area contributed by atoms with Gasteiger partial charge in [0.15, 0.2) is 11.6 Å². The third-order valence-corrected chi connectivity index (χ3v) is 3.03. The summed E-state index contributed by atoms with van der Waals surface area (Å²) >= 11 is 0. The van der Waals surface area contributed by atoms with Crippen molar-refractivity contribution in [3.05, 3.63) is 47.2 Å². The first-order valence-electron chi connectivity index (χ1n) is 6.92. The van der Waals surface area contributed by atoms with Crippen molar-refractivity contribution in [1.82, 2.24) is 15.5 Å². The second kappa shape index (κ2) is 6.64. The summed E-state index contributed by atoms with van der Waals surface area (Å²) < 4.78 is 31.5. The van der Waals surface area contributed by atoms with Crippen LogP contribution in [0.3, 0.4) is 0 Å². The topological polar surface area (TPSA) is 68.0 Å². The molecule has 0 spiro atoms. The number of benzene rings is 1. The fourth-order valence-corrected chi connectivity index (χ4v) is 2.02. The Morgan fingerprint density at radius 2 is 2.00 bits per heavy atom. The molecule has 0 aliphatic carbocycles. The molecule has 1 aromatic carbocycles. The van der Waals surface area contributed by atoms with Crippen LogP contribution in [-0.4, -0.2) is 16.1 Å². The summed E-state index contributed by atoms with van der Waals surface area (Å²) in [5, 5.41) is 10.4. The van der Waals surface area contributed by atoms with Crippen molar-refractivity contribution in [3.8, 4) is 0 Å². The predicted molar refractivity (Wildman–Crippen MR) is 75.1 cm³/mol. The molecule has 2 rings (SSSR count). The highest BCUT2D eigenvalue weighted by Crippen LogP contribution is 2.21. The zero-order valence-corrected chi connectivity index (χ0v) is 12.6. The summed E-state index contributed by atoms with van der Waals surface area (Å²) in [6.45, 7) is 5.62. The highest BCUT2D eigenvalue weighted by atomic mass is 19.2. The third-order valence-electron chi connectivity index (χ3n) is 3.03. The first kappa shape index (κ1) is 16.1. The van der Waals surface area contributed by atoms with E-state index in [-0.39, 0.29) is 11.5 Å². The average Bonchev–Trinajstić information content (AvgIpc) is 2.87. The summed E-state index contributed by atoms with van der Waals surface area (Å²) in [5.74, 6) is -1.64. The summed E-state index contributed by atoms with van der Waals surface area (Å²) in [7, 11) is 0. The number of carbonyl (C=O) groups is 1. The molecule has 0 saturated carbocycles. The van der Waals surface area contributed by atoms with E-state index in [1.807, 2.05) is 13.8 Å². The molecule has 2 aromatic rings. The molecule has 0 radical (unpaired) electrons. The summed E-state index contributed by atoms with van der Waals surface area (Å²) in [4.78, 5) is 12.2. The van der Waals surface area contributed by atoms with Crippen LogP contribution in [0.5, 0.6) is 0 Å². The fourth-order valence-electron chi connectivity index (χ4n) is 2.02. The lowest BCUT2D eigenvalue weighted by atomic mass is 10.0. The number of aryl methyl sites for hydroxylation is 1. The van der Waals surface area contributed by atoms with E-state index >= 15 is 0 Å². The Morgan fingerprint density at radius 3 is 2.55 bits per heavy atom. The lowest BCUT2D eigenvalue weighted by molar-refractivity contribution is 0.0923. The minimum atomic E-state index is -1.07. The minimum absolute atomic E-state index is 0.0314. The maximum absolute atomic E-state index is 13.2. The van der Waals surface area contributed by atoms with Gasteiger partial charge in [0.1, 0.15) is 6.04 Å². The van der Waals surface area contributed by atoms with Crippen molar-refractivity contribution in [2.24, 2.45) is 5.92 Å². The molecule has 1 aromatic heterocycles. The number of hydrogen-bond donors (Lipinski definition) is 1. The van der Waals surface area contributed by atoms with Gasteiger partial charge in [0.05, 0.1) is 0 Å². The third kappa shape index (κ3) is 3.87. The van der Waals surface area contributed by atoms with Gasteiger partial charge in [0.25, 0.3) is 5.91 Å². The van der Waals surface area contributed by atoms with E-state index in [1.165, 1.54) is 6.07 Å². The van der Waals surface area contributed by atoms with Crippen LogP contribution < -0.4 is 5.32 Å². The second-order valence-electron chi connectivity index (χ2n) is 5.44. The van der Waals surface area contributed by atoms with Crippen molar-refractivity contribution in [1.29, 1.82) is 0 Å². The van der Waals surface area contributed by atoms with E-state index in [0.717, 1.165) is 12.1 Å². The summed E-state index contributed by atoms with van der Waals surface area (Å²) in [5.41, 5.74) is 0.0314. The molecule has 0 aliphatic rings. The van der Waals surface area contributed by atoms with E-state index in [2.05, 4.69) is 15.5 Å². The predicted octanol–water partition coefficient (Wildman–Crippen LogP) is 3.17. The lowest BCUT2D eigenvalue weighted by Crippen LogP contribution is -2.30. The lowest BCUT2D eigenvalue weighted by Gasteiger charge is -2.17. The monoisotopic (exact) mass is 309 g/mol. The number of rotatable bonds is 5. The van der Waals surface area contributed by atoms with Crippen LogP contribution in [0.4, 0.5) is 8.78 Å². The van der Waals surface area contributed by atoms with Crippen LogP contribution >= 0.6 is 0 Å². The summed E-state index contributed by atoms with van der Waals surface area (Å²) in [6.07, 6.45) is 0.580.